The molecule has 0 aliphatic carbocycles. The summed E-state index contributed by atoms with van der Waals surface area (Å²) in [5, 5.41) is 0. The summed E-state index contributed by atoms with van der Waals surface area (Å²) in [5.41, 5.74) is 0. The van der Waals surface area contributed by atoms with Crippen molar-refractivity contribution in [3.63, 3.8) is 0 Å². The molecule has 0 N–H and O–H groups in total. The first-order chi connectivity index (χ1) is 2.83. The van der Waals surface area contributed by atoms with Gasteiger partial charge in [0.15, 0.2) is 0 Å². The van der Waals surface area contributed by atoms with E-state index in [-0.39, 0.29) is 34.3 Å². The molecule has 0 heterocycles. The van der Waals surface area contributed by atoms with E-state index in [0.717, 1.165) is 0 Å². The zero-order chi connectivity index (χ0) is 5.41. The second-order valence-corrected chi connectivity index (χ2v) is 0.510. The predicted molar refractivity (Wildman–Crippen MR) is 19.3 cm³/mol. The molecular formula is H2FMnNaO4P. The molecule has 0 atom stereocenters. The first-order valence-electron chi connectivity index (χ1n) is 0.717. The fourth-order valence-corrected chi connectivity index (χ4v) is 0. The summed E-state index contributed by atoms with van der Waals surface area (Å²) in [4.78, 5) is 0. The van der Waals surface area contributed by atoms with E-state index >= 15 is 0 Å². The molecule has 0 spiro atoms. The first-order valence-corrected chi connectivity index (χ1v) is 2.50. The third-order valence-electron chi connectivity index (χ3n) is 0. The summed E-state index contributed by atoms with van der Waals surface area (Å²) in [7, 11) is -1.42. The molecule has 0 amide bonds. The van der Waals surface area contributed by atoms with Crippen molar-refractivity contribution >= 4 is 37.9 Å². The van der Waals surface area contributed by atoms with Crippen LogP contribution in [0, 0.1) is 0 Å². The summed E-state index contributed by atoms with van der Waals surface area (Å²) in [6.07, 6.45) is 0. The molecule has 8 heteroatoms. The van der Waals surface area contributed by atoms with Gasteiger partial charge in [-0.25, -0.2) is 9.13 Å². The van der Waals surface area contributed by atoms with Gasteiger partial charge >= 0.3 is 30.8 Å². The van der Waals surface area contributed by atoms with Crippen molar-refractivity contribution in [2.24, 2.45) is 0 Å². The van der Waals surface area contributed by atoms with Crippen LogP contribution in [0.5, 0.6) is 0 Å². The average molecular weight is 194 g/mol. The van der Waals surface area contributed by atoms with E-state index in [9.17, 15) is 0 Å². The number of hydrogen-bond donors (Lipinski definition) is 0. The fourth-order valence-electron chi connectivity index (χ4n) is 0. The van der Waals surface area contributed by atoms with E-state index in [4.69, 9.17) is 16.8 Å². The molecule has 1 radical (unpaired) electrons. The molecule has 0 unspecified atom stereocenters. The Hall–Kier alpha value is 0.949. The summed E-state index contributed by atoms with van der Waals surface area (Å²) >= 11 is -1.44. The van der Waals surface area contributed by atoms with Gasteiger partial charge in [0.25, 0.3) is 0 Å². The van der Waals surface area contributed by atoms with Crippen molar-refractivity contribution in [2.75, 3.05) is 0 Å². The average Bonchev–Trinajstić information content (AvgIpc) is 1.39. The number of halogens is 1. The van der Waals surface area contributed by atoms with Gasteiger partial charge in [-0.2, -0.15) is 0 Å². The van der Waals surface area contributed by atoms with Crippen LogP contribution >= 0.6 is 8.34 Å². The summed E-state index contributed by atoms with van der Waals surface area (Å²) in [6.45, 7) is 0. The van der Waals surface area contributed by atoms with Gasteiger partial charge in [-0.05, 0) is 0 Å². The van der Waals surface area contributed by atoms with Crippen molar-refractivity contribution in [1.82, 2.24) is 0 Å². The van der Waals surface area contributed by atoms with Crippen LogP contribution in [0.15, 0.2) is 0 Å². The zero-order valence-corrected chi connectivity index (χ0v) is 8.10. The molecule has 0 aromatic heterocycles. The van der Waals surface area contributed by atoms with Gasteiger partial charge in [0.1, 0.15) is 0 Å². The van der Waals surface area contributed by atoms with Crippen LogP contribution < -0.4 is 0 Å². The van der Waals surface area contributed by atoms with Gasteiger partial charge in [0.2, 0.25) is 0 Å². The van der Waals surface area contributed by atoms with Gasteiger partial charge in [0.05, 0.1) is 0 Å². The zero-order valence-electron chi connectivity index (χ0n) is 3.92. The van der Waals surface area contributed by atoms with Crippen molar-refractivity contribution in [3.8, 4) is 0 Å². The number of hydrogen-bond acceptors (Lipinski definition) is 4. The Bertz CT molecular complexity index is 70.0. The molecule has 0 aliphatic rings. The van der Waals surface area contributed by atoms with Crippen molar-refractivity contribution < 1.29 is 36.3 Å². The third kappa shape index (κ3) is 273. The molecule has 0 fully saturated rings. The van der Waals surface area contributed by atoms with Crippen LogP contribution in [0.1, 0.15) is 0 Å². The maximum absolute atomic E-state index is 8.41. The van der Waals surface area contributed by atoms with Crippen molar-refractivity contribution in [2.45, 2.75) is 0 Å². The minimum atomic E-state index is -1.44. The van der Waals surface area contributed by atoms with Crippen LogP contribution in [-0.4, -0.2) is 29.6 Å². The molecule has 0 saturated heterocycles. The molecule has 0 aromatic rings. The van der Waals surface area contributed by atoms with Crippen LogP contribution in [0.3, 0.4) is 0 Å². The van der Waals surface area contributed by atoms with Crippen LogP contribution in [0.25, 0.3) is 0 Å². The Kier molecular flexibility index (Phi) is 127. The monoisotopic (exact) mass is 194 g/mol. The molecule has 46 valence electrons. The van der Waals surface area contributed by atoms with Gasteiger partial charge < -0.3 is 0 Å². The molecule has 0 bridgehead atoms. The molecule has 8 heavy (non-hydrogen) atoms. The van der Waals surface area contributed by atoms with Gasteiger partial charge in [-0.1, -0.05) is 0 Å². The van der Waals surface area contributed by atoms with Crippen LogP contribution in [-0.2, 0) is 31.6 Å². The Morgan fingerprint density at radius 3 is 1.12 bits per heavy atom. The maximum atomic E-state index is 8.41. The molecule has 0 saturated carbocycles. The standard InChI is InChI=1S/FH.Mn.Na.HO2P.2O/c;;;1-3-2;;/h1H;;;3H;;. The third-order valence-corrected chi connectivity index (χ3v) is 0. The molecule has 0 aromatic carbocycles. The predicted octanol–water partition coefficient (Wildman–Crippen LogP) is -0.113. The second kappa shape index (κ2) is 44.1. The SMILES string of the molecule is F.O=[PH]=O.[Na].[O]=[Mn]=[O]. The molecular weight excluding hydrogens is 192 g/mol. The van der Waals surface area contributed by atoms with Crippen LogP contribution in [0.2, 0.25) is 0 Å². The van der Waals surface area contributed by atoms with Gasteiger partial charge in [-0.3, -0.25) is 4.70 Å². The van der Waals surface area contributed by atoms with E-state index in [1.807, 2.05) is 0 Å². The van der Waals surface area contributed by atoms with E-state index < -0.39 is 23.2 Å². The van der Waals surface area contributed by atoms with Gasteiger partial charge in [-0.15, -0.1) is 0 Å². The molecule has 4 nitrogen and oxygen atoms in total. The Balaban J connectivity index is -0.0000000160. The van der Waals surface area contributed by atoms with Crippen LogP contribution in [0.4, 0.5) is 4.70 Å². The van der Waals surface area contributed by atoms with Gasteiger partial charge in [0, 0.05) is 29.6 Å². The summed E-state index contributed by atoms with van der Waals surface area (Å²) in [6, 6.07) is 0. The van der Waals surface area contributed by atoms with E-state index in [0.29, 0.717) is 0 Å². The first kappa shape index (κ1) is 23.1. The molecule has 0 aliphatic heterocycles. The van der Waals surface area contributed by atoms with E-state index in [1.54, 1.807) is 0 Å². The summed E-state index contributed by atoms with van der Waals surface area (Å²) in [5.74, 6) is 0. The number of rotatable bonds is 0. The fraction of sp³-hybridized carbons (Fsp3) is 0. The normalized spacial score (nSPS) is 3.00. The van der Waals surface area contributed by atoms with E-state index in [2.05, 4.69) is 0 Å². The topological polar surface area (TPSA) is 68.3 Å². The van der Waals surface area contributed by atoms with Crippen molar-refractivity contribution in [1.29, 1.82) is 0 Å². The van der Waals surface area contributed by atoms with Crippen molar-refractivity contribution in [3.05, 3.63) is 0 Å². The minimum absolute atomic E-state index is 0. The Labute approximate surface area is 73.9 Å². The Morgan fingerprint density at radius 1 is 1.12 bits per heavy atom. The second-order valence-electron chi connectivity index (χ2n) is 0.146. The van der Waals surface area contributed by atoms with E-state index in [1.165, 1.54) is 0 Å². The quantitative estimate of drug-likeness (QED) is 0.398. The molecule has 0 rings (SSSR count). The Morgan fingerprint density at radius 2 is 1.12 bits per heavy atom. The summed E-state index contributed by atoms with van der Waals surface area (Å²) < 4.78 is 33.6.